The van der Waals surface area contributed by atoms with E-state index in [1.54, 1.807) is 23.9 Å². The molecule has 0 bridgehead atoms. The fourth-order valence-corrected chi connectivity index (χ4v) is 5.75. The molecule has 4 rings (SSSR count). The number of thioether (sulfide) groups is 2. The van der Waals surface area contributed by atoms with Gasteiger partial charge in [0.2, 0.25) is 0 Å². The molecule has 0 aliphatic carbocycles. The Kier molecular flexibility index (Phi) is 7.66. The number of carbonyl (C=O) groups excluding carboxylic acids is 1. The maximum absolute atomic E-state index is 12.0. The summed E-state index contributed by atoms with van der Waals surface area (Å²) in [6.45, 7) is 0. The molecule has 0 unspecified atom stereocenters. The van der Waals surface area contributed by atoms with E-state index in [2.05, 4.69) is 51.1 Å². The Morgan fingerprint density at radius 3 is 2.67 bits per heavy atom. The quantitative estimate of drug-likeness (QED) is 0.148. The van der Waals surface area contributed by atoms with Gasteiger partial charge in [0.1, 0.15) is 0 Å². The van der Waals surface area contributed by atoms with Crippen LogP contribution in [0, 0.1) is 10.1 Å². The van der Waals surface area contributed by atoms with Gasteiger partial charge in [-0.05, 0) is 16.3 Å². The van der Waals surface area contributed by atoms with E-state index in [0.29, 0.717) is 9.90 Å². The monoisotopic (exact) mass is 495 g/mol. The molecule has 1 N–H and O–H groups in total. The second-order valence-electron chi connectivity index (χ2n) is 6.69. The summed E-state index contributed by atoms with van der Waals surface area (Å²) in [6.07, 6.45) is 1.36. The Balaban J connectivity index is 1.25. The number of hydrogen-bond donors (Lipinski definition) is 1. The van der Waals surface area contributed by atoms with Gasteiger partial charge in [-0.1, -0.05) is 89.5 Å². The molecule has 1 heterocycles. The molecular weight excluding hydrogens is 478 g/mol. The number of hydrazone groups is 1. The van der Waals surface area contributed by atoms with E-state index >= 15 is 0 Å². The van der Waals surface area contributed by atoms with Crippen LogP contribution in [0.3, 0.4) is 0 Å². The summed E-state index contributed by atoms with van der Waals surface area (Å²) in [4.78, 5) is 22.3. The molecule has 33 heavy (non-hydrogen) atoms. The molecule has 0 spiro atoms. The van der Waals surface area contributed by atoms with Crippen molar-refractivity contribution in [2.75, 3.05) is 5.75 Å². The van der Waals surface area contributed by atoms with E-state index < -0.39 is 4.92 Å². The first kappa shape index (κ1) is 22.9. The van der Waals surface area contributed by atoms with Gasteiger partial charge in [0.05, 0.1) is 16.9 Å². The molecule has 0 aliphatic heterocycles. The fraction of sp³-hybridized carbons (Fsp3) is 0.0909. The lowest BCUT2D eigenvalue weighted by Crippen LogP contribution is -2.19. The molecule has 166 valence electrons. The second kappa shape index (κ2) is 11.0. The normalized spacial score (nSPS) is 11.2. The Hall–Kier alpha value is -3.28. The smallest absolute Gasteiger partial charge is 0.270 e. The van der Waals surface area contributed by atoms with Crippen LogP contribution in [0.1, 0.15) is 11.1 Å². The SMILES string of the molecule is O=C(CSc1nnc(SCc2cccc3ccccc23)s1)N/N=C/c1cccc([N+](=O)[O-])c1. The minimum absolute atomic E-state index is 0.0359. The van der Waals surface area contributed by atoms with E-state index in [1.165, 1.54) is 57.8 Å². The number of hydrogen-bond acceptors (Lipinski definition) is 9. The van der Waals surface area contributed by atoms with Gasteiger partial charge in [-0.2, -0.15) is 5.10 Å². The zero-order valence-electron chi connectivity index (χ0n) is 17.1. The molecule has 0 saturated heterocycles. The summed E-state index contributed by atoms with van der Waals surface area (Å²) in [5.74, 6) is 0.615. The number of benzene rings is 3. The number of nitro benzene ring substituents is 1. The van der Waals surface area contributed by atoms with Crippen LogP contribution in [0.15, 0.2) is 80.5 Å². The number of non-ortho nitro benzene ring substituents is 1. The Morgan fingerprint density at radius 1 is 1.06 bits per heavy atom. The van der Waals surface area contributed by atoms with Crippen molar-refractivity contribution in [2.24, 2.45) is 5.10 Å². The first-order valence-corrected chi connectivity index (χ1v) is 12.5. The average molecular weight is 496 g/mol. The fourth-order valence-electron chi connectivity index (χ4n) is 2.93. The van der Waals surface area contributed by atoms with Gasteiger partial charge in [0, 0.05) is 23.4 Å². The highest BCUT2D eigenvalue weighted by Crippen LogP contribution is 2.32. The zero-order chi connectivity index (χ0) is 23.0. The van der Waals surface area contributed by atoms with Crippen LogP contribution in [-0.4, -0.2) is 33.0 Å². The molecule has 3 aromatic carbocycles. The van der Waals surface area contributed by atoms with Crippen molar-refractivity contribution in [1.82, 2.24) is 15.6 Å². The summed E-state index contributed by atoms with van der Waals surface area (Å²) in [7, 11) is 0. The highest BCUT2D eigenvalue weighted by atomic mass is 32.2. The van der Waals surface area contributed by atoms with E-state index in [4.69, 9.17) is 0 Å². The minimum Gasteiger partial charge on any atom is -0.272 e. The molecular formula is C22H17N5O3S3. The summed E-state index contributed by atoms with van der Waals surface area (Å²) in [6, 6.07) is 20.5. The molecule has 0 saturated carbocycles. The Bertz CT molecular complexity index is 1320. The number of carbonyl (C=O) groups is 1. The summed E-state index contributed by atoms with van der Waals surface area (Å²) >= 11 is 4.35. The molecule has 0 aliphatic rings. The Labute approximate surface area is 201 Å². The van der Waals surface area contributed by atoms with Gasteiger partial charge in [0.15, 0.2) is 8.68 Å². The minimum atomic E-state index is -0.483. The van der Waals surface area contributed by atoms with Crippen LogP contribution >= 0.6 is 34.9 Å². The van der Waals surface area contributed by atoms with E-state index in [9.17, 15) is 14.9 Å². The topological polar surface area (TPSA) is 110 Å². The van der Waals surface area contributed by atoms with Crippen LogP contribution in [0.25, 0.3) is 10.8 Å². The molecule has 0 atom stereocenters. The van der Waals surface area contributed by atoms with E-state index in [-0.39, 0.29) is 17.3 Å². The highest BCUT2D eigenvalue weighted by molar-refractivity contribution is 8.03. The van der Waals surface area contributed by atoms with Crippen molar-refractivity contribution in [3.05, 3.63) is 88.0 Å². The van der Waals surface area contributed by atoms with Crippen molar-refractivity contribution in [3.8, 4) is 0 Å². The van der Waals surface area contributed by atoms with Gasteiger partial charge < -0.3 is 0 Å². The average Bonchev–Trinajstić information content (AvgIpc) is 3.29. The van der Waals surface area contributed by atoms with Gasteiger partial charge >= 0.3 is 0 Å². The predicted molar refractivity (Wildman–Crippen MR) is 133 cm³/mol. The lowest BCUT2D eigenvalue weighted by atomic mass is 10.1. The third-order valence-corrected chi connectivity index (χ3v) is 7.67. The van der Waals surface area contributed by atoms with Gasteiger partial charge in [-0.3, -0.25) is 14.9 Å². The number of amides is 1. The van der Waals surface area contributed by atoms with E-state index in [1.807, 2.05) is 12.1 Å². The molecule has 11 heteroatoms. The molecule has 4 aromatic rings. The number of nitrogens with zero attached hydrogens (tertiary/aromatic N) is 4. The van der Waals surface area contributed by atoms with Crippen LogP contribution in [0.4, 0.5) is 5.69 Å². The van der Waals surface area contributed by atoms with Crippen LogP contribution in [-0.2, 0) is 10.5 Å². The number of rotatable bonds is 9. The van der Waals surface area contributed by atoms with Crippen molar-refractivity contribution in [3.63, 3.8) is 0 Å². The maximum Gasteiger partial charge on any atom is 0.270 e. The summed E-state index contributed by atoms with van der Waals surface area (Å²) in [5.41, 5.74) is 4.14. The maximum atomic E-state index is 12.0. The largest absolute Gasteiger partial charge is 0.272 e. The molecule has 1 aromatic heterocycles. The lowest BCUT2D eigenvalue weighted by Gasteiger charge is -2.04. The van der Waals surface area contributed by atoms with Crippen molar-refractivity contribution >= 4 is 63.4 Å². The van der Waals surface area contributed by atoms with E-state index in [0.717, 1.165) is 10.1 Å². The first-order chi connectivity index (χ1) is 16.1. The zero-order valence-corrected chi connectivity index (χ0v) is 19.5. The Morgan fingerprint density at radius 2 is 1.82 bits per heavy atom. The third-order valence-electron chi connectivity index (χ3n) is 4.43. The van der Waals surface area contributed by atoms with Gasteiger partial charge in [-0.15, -0.1) is 10.2 Å². The van der Waals surface area contributed by atoms with Crippen LogP contribution in [0.5, 0.6) is 0 Å². The van der Waals surface area contributed by atoms with Crippen LogP contribution < -0.4 is 5.43 Å². The lowest BCUT2D eigenvalue weighted by molar-refractivity contribution is -0.384. The summed E-state index contributed by atoms with van der Waals surface area (Å²) in [5, 5.41) is 25.4. The number of fused-ring (bicyclic) bond motifs is 1. The molecule has 0 radical (unpaired) electrons. The molecule has 8 nitrogen and oxygen atoms in total. The predicted octanol–water partition coefficient (Wildman–Crippen LogP) is 5.13. The van der Waals surface area contributed by atoms with Gasteiger partial charge in [-0.25, -0.2) is 5.43 Å². The van der Waals surface area contributed by atoms with Crippen LogP contribution in [0.2, 0.25) is 0 Å². The first-order valence-electron chi connectivity index (χ1n) is 9.70. The standard InChI is InChI=1S/C22H17N5O3S3/c28-20(24-23-12-15-5-3-9-18(11-15)27(29)30)14-32-22-26-25-21(33-22)31-13-17-8-4-7-16-6-1-2-10-19(16)17/h1-12H,13-14H2,(H,24,28)/b23-12+. The summed E-state index contributed by atoms with van der Waals surface area (Å²) < 4.78 is 1.54. The number of nitrogens with one attached hydrogen (secondary N) is 1. The van der Waals surface area contributed by atoms with Gasteiger partial charge in [0.25, 0.3) is 11.6 Å². The van der Waals surface area contributed by atoms with Crippen molar-refractivity contribution in [2.45, 2.75) is 14.4 Å². The molecule has 1 amide bonds. The highest BCUT2D eigenvalue weighted by Gasteiger charge is 2.10. The number of nitro groups is 1. The van der Waals surface area contributed by atoms with Crippen molar-refractivity contribution < 1.29 is 9.72 Å². The second-order valence-corrected chi connectivity index (χ2v) is 10.1. The van der Waals surface area contributed by atoms with Crippen molar-refractivity contribution in [1.29, 1.82) is 0 Å². The third kappa shape index (κ3) is 6.37. The number of aromatic nitrogens is 2. The molecule has 0 fully saturated rings.